The maximum atomic E-state index is 12.6. The zero-order chi connectivity index (χ0) is 20.2. The summed E-state index contributed by atoms with van der Waals surface area (Å²) in [4.78, 5) is 12.6. The van der Waals surface area contributed by atoms with Crippen molar-refractivity contribution in [2.75, 3.05) is 5.32 Å². The summed E-state index contributed by atoms with van der Waals surface area (Å²) in [7, 11) is 0. The summed E-state index contributed by atoms with van der Waals surface area (Å²) in [5, 5.41) is 18.0. The van der Waals surface area contributed by atoms with Crippen LogP contribution in [0.5, 0.6) is 0 Å². The lowest BCUT2D eigenvalue weighted by Gasteiger charge is -2.14. The van der Waals surface area contributed by atoms with Crippen molar-refractivity contribution >= 4 is 40.0 Å². The van der Waals surface area contributed by atoms with Crippen molar-refractivity contribution in [3.63, 3.8) is 0 Å². The molecule has 3 aromatic carbocycles. The number of nitrogens with zero attached hydrogens (tertiary/aromatic N) is 2. The fourth-order valence-corrected chi connectivity index (χ4v) is 3.28. The Bertz CT molecular complexity index is 1290. The van der Waals surface area contributed by atoms with Gasteiger partial charge in [-0.05, 0) is 35.7 Å². The van der Waals surface area contributed by atoms with Crippen LogP contribution in [0, 0.1) is 5.41 Å². The minimum absolute atomic E-state index is 0.212. The van der Waals surface area contributed by atoms with Gasteiger partial charge in [-0.1, -0.05) is 54.1 Å². The molecule has 0 aliphatic heterocycles. The summed E-state index contributed by atoms with van der Waals surface area (Å²) in [6.07, 6.45) is 4.25. The summed E-state index contributed by atoms with van der Waals surface area (Å²) in [6, 6.07) is 22.5. The number of fused-ring (bicyclic) bond motifs is 1. The number of hydrogen-bond acceptors (Lipinski definition) is 4. The molecule has 0 saturated heterocycles. The summed E-state index contributed by atoms with van der Waals surface area (Å²) < 4.78 is 1.59. The van der Waals surface area contributed by atoms with Crippen LogP contribution in [0.1, 0.15) is 5.69 Å². The SMILES string of the molecule is N=C/C=C(\Nc1cccc2ccccc12)c1nn(-c2cccc(Cl)c2)ccc1=O. The lowest BCUT2D eigenvalue weighted by molar-refractivity contribution is 0.825. The molecular weight excluding hydrogens is 384 g/mol. The van der Waals surface area contributed by atoms with E-state index in [4.69, 9.17) is 17.0 Å². The van der Waals surface area contributed by atoms with Crippen LogP contribution in [-0.4, -0.2) is 16.0 Å². The summed E-state index contributed by atoms with van der Waals surface area (Å²) in [5.74, 6) is 0. The predicted octanol–water partition coefficient (Wildman–Crippen LogP) is 5.14. The molecule has 142 valence electrons. The van der Waals surface area contributed by atoms with Gasteiger partial charge in [-0.2, -0.15) is 5.10 Å². The zero-order valence-electron chi connectivity index (χ0n) is 15.3. The molecule has 0 bridgehead atoms. The molecule has 6 heteroatoms. The van der Waals surface area contributed by atoms with Gasteiger partial charge in [-0.25, -0.2) is 4.68 Å². The number of rotatable bonds is 5. The first kappa shape index (κ1) is 18.7. The molecule has 4 aromatic rings. The van der Waals surface area contributed by atoms with Crippen LogP contribution >= 0.6 is 11.6 Å². The third kappa shape index (κ3) is 3.95. The molecule has 0 unspecified atom stereocenters. The fraction of sp³-hybridized carbons (Fsp3) is 0. The van der Waals surface area contributed by atoms with E-state index in [1.54, 1.807) is 23.0 Å². The first-order chi connectivity index (χ1) is 14.2. The van der Waals surface area contributed by atoms with Crippen LogP contribution in [0.2, 0.25) is 5.02 Å². The zero-order valence-corrected chi connectivity index (χ0v) is 16.1. The molecule has 0 aliphatic carbocycles. The molecule has 0 fully saturated rings. The summed E-state index contributed by atoms with van der Waals surface area (Å²) in [6.45, 7) is 0. The maximum Gasteiger partial charge on any atom is 0.209 e. The number of benzene rings is 3. The highest BCUT2D eigenvalue weighted by atomic mass is 35.5. The van der Waals surface area contributed by atoms with E-state index in [2.05, 4.69) is 10.4 Å². The van der Waals surface area contributed by atoms with Crippen LogP contribution in [0.15, 0.2) is 89.9 Å². The molecule has 1 heterocycles. The molecule has 2 N–H and O–H groups in total. The topological polar surface area (TPSA) is 70.8 Å². The van der Waals surface area contributed by atoms with E-state index >= 15 is 0 Å². The Labute approximate surface area is 172 Å². The Balaban J connectivity index is 1.80. The molecule has 0 aliphatic rings. The van der Waals surface area contributed by atoms with E-state index < -0.39 is 0 Å². The maximum absolute atomic E-state index is 12.6. The van der Waals surface area contributed by atoms with E-state index in [1.165, 1.54) is 12.1 Å². The molecule has 0 amide bonds. The van der Waals surface area contributed by atoms with Gasteiger partial charge in [0.2, 0.25) is 5.43 Å². The van der Waals surface area contributed by atoms with Crippen molar-refractivity contribution < 1.29 is 0 Å². The number of halogens is 1. The van der Waals surface area contributed by atoms with Gasteiger partial charge in [0.25, 0.3) is 0 Å². The van der Waals surface area contributed by atoms with Gasteiger partial charge in [0.1, 0.15) is 0 Å². The van der Waals surface area contributed by atoms with E-state index in [0.29, 0.717) is 10.7 Å². The number of aromatic nitrogens is 2. The monoisotopic (exact) mass is 400 g/mol. The van der Waals surface area contributed by atoms with Crippen LogP contribution in [-0.2, 0) is 0 Å². The number of hydrogen-bond donors (Lipinski definition) is 2. The molecule has 0 saturated carbocycles. The van der Waals surface area contributed by atoms with Crippen LogP contribution < -0.4 is 10.7 Å². The number of anilines is 1. The van der Waals surface area contributed by atoms with Gasteiger partial charge in [0.15, 0.2) is 5.69 Å². The van der Waals surface area contributed by atoms with Crippen molar-refractivity contribution in [2.45, 2.75) is 0 Å². The Morgan fingerprint density at radius 1 is 1.03 bits per heavy atom. The van der Waals surface area contributed by atoms with Gasteiger partial charge in [0, 0.05) is 34.6 Å². The minimum atomic E-state index is -0.246. The normalized spacial score (nSPS) is 11.4. The third-order valence-corrected chi connectivity index (χ3v) is 4.68. The largest absolute Gasteiger partial charge is 0.353 e. The highest BCUT2D eigenvalue weighted by molar-refractivity contribution is 6.30. The standard InChI is InChI=1S/C23H17ClN4O/c24-17-7-4-8-18(15-17)28-14-12-22(29)23(27-28)21(11-13-25)26-20-10-3-6-16-5-1-2-9-19(16)20/h1-15,25-26H/b21-11-,25-13?. The fourth-order valence-electron chi connectivity index (χ4n) is 3.10. The van der Waals surface area contributed by atoms with Crippen molar-refractivity contribution in [3.05, 3.63) is 106 Å². The molecule has 4 rings (SSSR count). The van der Waals surface area contributed by atoms with E-state index in [-0.39, 0.29) is 11.1 Å². The average molecular weight is 401 g/mol. The van der Waals surface area contributed by atoms with Gasteiger partial charge in [0.05, 0.1) is 11.4 Å². The Hall–Kier alpha value is -3.70. The minimum Gasteiger partial charge on any atom is -0.353 e. The Kier molecular flexibility index (Phi) is 5.22. The van der Waals surface area contributed by atoms with Crippen LogP contribution in [0.4, 0.5) is 5.69 Å². The average Bonchev–Trinajstić information content (AvgIpc) is 2.74. The Morgan fingerprint density at radius 3 is 2.66 bits per heavy atom. The quantitative estimate of drug-likeness (QED) is 0.455. The van der Waals surface area contributed by atoms with Crippen LogP contribution in [0.3, 0.4) is 0 Å². The molecule has 0 spiro atoms. The second-order valence-electron chi connectivity index (χ2n) is 6.35. The summed E-state index contributed by atoms with van der Waals surface area (Å²) >= 11 is 6.08. The van der Waals surface area contributed by atoms with Gasteiger partial charge < -0.3 is 10.7 Å². The van der Waals surface area contributed by atoms with E-state index in [9.17, 15) is 4.79 Å². The third-order valence-electron chi connectivity index (χ3n) is 4.45. The van der Waals surface area contributed by atoms with Crippen molar-refractivity contribution in [1.82, 2.24) is 9.78 Å². The van der Waals surface area contributed by atoms with E-state index in [0.717, 1.165) is 28.4 Å². The predicted molar refractivity (Wildman–Crippen MR) is 119 cm³/mol. The van der Waals surface area contributed by atoms with Crippen molar-refractivity contribution in [2.24, 2.45) is 0 Å². The number of nitrogens with one attached hydrogen (secondary N) is 2. The van der Waals surface area contributed by atoms with Crippen LogP contribution in [0.25, 0.3) is 22.2 Å². The molecule has 0 atom stereocenters. The second-order valence-corrected chi connectivity index (χ2v) is 6.79. The lowest BCUT2D eigenvalue weighted by atomic mass is 10.1. The lowest BCUT2D eigenvalue weighted by Crippen LogP contribution is -2.18. The van der Waals surface area contributed by atoms with Gasteiger partial charge >= 0.3 is 0 Å². The smallest absolute Gasteiger partial charge is 0.209 e. The molecule has 0 radical (unpaired) electrons. The highest BCUT2D eigenvalue weighted by Crippen LogP contribution is 2.25. The van der Waals surface area contributed by atoms with E-state index in [1.807, 2.05) is 54.6 Å². The highest BCUT2D eigenvalue weighted by Gasteiger charge is 2.12. The first-order valence-corrected chi connectivity index (χ1v) is 9.35. The van der Waals surface area contributed by atoms with Crippen molar-refractivity contribution in [1.29, 1.82) is 5.41 Å². The van der Waals surface area contributed by atoms with Gasteiger partial charge in [-0.15, -0.1) is 0 Å². The summed E-state index contributed by atoms with van der Waals surface area (Å²) in [5.41, 5.74) is 1.97. The first-order valence-electron chi connectivity index (χ1n) is 8.97. The van der Waals surface area contributed by atoms with Gasteiger partial charge in [-0.3, -0.25) is 4.79 Å². The second kappa shape index (κ2) is 8.12. The molecule has 29 heavy (non-hydrogen) atoms. The number of allylic oxidation sites excluding steroid dienone is 1. The van der Waals surface area contributed by atoms with Crippen molar-refractivity contribution in [3.8, 4) is 5.69 Å². The molecule has 5 nitrogen and oxygen atoms in total. The molecular formula is C23H17ClN4O. The Morgan fingerprint density at radius 2 is 1.83 bits per heavy atom. The molecule has 1 aromatic heterocycles.